The molecule has 7 heteroatoms. The number of aromatic amines is 1. The Bertz CT molecular complexity index is 1290. The molecule has 4 rings (SSSR count). The van der Waals surface area contributed by atoms with Gasteiger partial charge in [-0.3, -0.25) is 19.1 Å². The van der Waals surface area contributed by atoms with Gasteiger partial charge < -0.3 is 4.90 Å². The van der Waals surface area contributed by atoms with Gasteiger partial charge in [-0.05, 0) is 49.1 Å². The number of carbonyl (C=O) groups excluding carboxylic acids is 1. The predicted octanol–water partition coefficient (Wildman–Crippen LogP) is 4.10. The lowest BCUT2D eigenvalue weighted by Gasteiger charge is -2.26. The smallest absolute Gasteiger partial charge is 0.330 e. The molecule has 0 radical (unpaired) electrons. The van der Waals surface area contributed by atoms with Crippen molar-refractivity contribution in [2.45, 2.75) is 71.9 Å². The summed E-state index contributed by atoms with van der Waals surface area (Å²) in [5.74, 6) is 0.0758. The summed E-state index contributed by atoms with van der Waals surface area (Å²) in [7, 11) is 0. The molecule has 1 saturated heterocycles. The molecule has 3 heterocycles. The van der Waals surface area contributed by atoms with E-state index in [1.54, 1.807) is 6.07 Å². The van der Waals surface area contributed by atoms with Crippen molar-refractivity contribution in [3.8, 4) is 0 Å². The quantitative estimate of drug-likeness (QED) is 0.573. The molecule has 2 aromatic heterocycles. The molecule has 1 fully saturated rings. The summed E-state index contributed by atoms with van der Waals surface area (Å²) < 4.78 is 1.50. The van der Waals surface area contributed by atoms with Gasteiger partial charge in [0.05, 0.1) is 10.9 Å². The second-order valence-electron chi connectivity index (χ2n) is 10.0. The number of fused-ring (bicyclic) bond motifs is 1. The molecule has 180 valence electrons. The van der Waals surface area contributed by atoms with Gasteiger partial charge in [-0.15, -0.1) is 0 Å². The van der Waals surface area contributed by atoms with Crippen molar-refractivity contribution >= 4 is 16.9 Å². The molecule has 1 atom stereocenters. The Kier molecular flexibility index (Phi) is 7.00. The summed E-state index contributed by atoms with van der Waals surface area (Å²) in [6, 6.07) is 12.2. The number of aryl methyl sites for hydroxylation is 1. The molecule has 7 nitrogen and oxygen atoms in total. The number of rotatable bonds is 7. The van der Waals surface area contributed by atoms with Crippen LogP contribution in [0.25, 0.3) is 11.0 Å². The molecule has 1 unspecified atom stereocenters. The van der Waals surface area contributed by atoms with Crippen LogP contribution < -0.4 is 11.2 Å². The highest BCUT2D eigenvalue weighted by Crippen LogP contribution is 2.27. The Morgan fingerprint density at radius 2 is 1.88 bits per heavy atom. The molecule has 34 heavy (non-hydrogen) atoms. The number of nitrogens with one attached hydrogen (secondary N) is 1. The summed E-state index contributed by atoms with van der Waals surface area (Å²) >= 11 is 0. The minimum absolute atomic E-state index is 0.0466. The highest BCUT2D eigenvalue weighted by Gasteiger charge is 2.31. The van der Waals surface area contributed by atoms with Gasteiger partial charge in [0, 0.05) is 24.8 Å². The third kappa shape index (κ3) is 4.83. The third-order valence-electron chi connectivity index (χ3n) is 6.59. The third-order valence-corrected chi connectivity index (χ3v) is 6.59. The summed E-state index contributed by atoms with van der Waals surface area (Å²) in [5, 5.41) is 0.211. The maximum absolute atomic E-state index is 13.9. The van der Waals surface area contributed by atoms with E-state index in [0.717, 1.165) is 25.7 Å². The van der Waals surface area contributed by atoms with Crippen LogP contribution in [-0.2, 0) is 13.0 Å². The first-order valence-electron chi connectivity index (χ1n) is 12.3. The van der Waals surface area contributed by atoms with Crippen molar-refractivity contribution < 1.29 is 4.79 Å². The van der Waals surface area contributed by atoms with E-state index < -0.39 is 11.2 Å². The molecular weight excluding hydrogens is 428 g/mol. The number of nitrogens with zero attached hydrogens (tertiary/aromatic N) is 3. The highest BCUT2D eigenvalue weighted by atomic mass is 16.2. The zero-order valence-electron chi connectivity index (χ0n) is 20.5. The number of benzene rings is 1. The van der Waals surface area contributed by atoms with Crippen molar-refractivity contribution in [3.63, 3.8) is 0 Å². The van der Waals surface area contributed by atoms with Gasteiger partial charge >= 0.3 is 5.69 Å². The van der Waals surface area contributed by atoms with Crippen molar-refractivity contribution in [2.24, 2.45) is 5.92 Å². The van der Waals surface area contributed by atoms with Crippen LogP contribution in [0.4, 0.5) is 0 Å². The van der Waals surface area contributed by atoms with Gasteiger partial charge in [0.25, 0.3) is 11.5 Å². The maximum Gasteiger partial charge on any atom is 0.330 e. The largest absolute Gasteiger partial charge is 0.336 e. The highest BCUT2D eigenvalue weighted by molar-refractivity contribution is 6.05. The van der Waals surface area contributed by atoms with E-state index in [0.29, 0.717) is 30.0 Å². The molecule has 0 saturated carbocycles. The van der Waals surface area contributed by atoms with Gasteiger partial charge in [0.15, 0.2) is 5.65 Å². The number of hydrogen-bond donors (Lipinski definition) is 1. The van der Waals surface area contributed by atoms with E-state index >= 15 is 0 Å². The minimum atomic E-state index is -0.550. The van der Waals surface area contributed by atoms with Crippen LogP contribution in [0.1, 0.15) is 74.5 Å². The first-order valence-corrected chi connectivity index (χ1v) is 12.3. The number of pyridine rings is 1. The average molecular weight is 463 g/mol. The number of H-pyrrole nitrogens is 1. The lowest BCUT2D eigenvalue weighted by atomic mass is 10.0. The molecule has 3 aromatic rings. The van der Waals surface area contributed by atoms with E-state index in [1.807, 2.05) is 50.8 Å². The molecule has 1 aliphatic heterocycles. The number of amides is 1. The molecule has 0 bridgehead atoms. The molecule has 1 amide bonds. The van der Waals surface area contributed by atoms with E-state index in [9.17, 15) is 14.4 Å². The predicted molar refractivity (Wildman–Crippen MR) is 134 cm³/mol. The van der Waals surface area contributed by atoms with Crippen molar-refractivity contribution in [1.29, 1.82) is 0 Å². The molecule has 0 spiro atoms. The first-order chi connectivity index (χ1) is 16.3. The monoisotopic (exact) mass is 462 g/mol. The standard InChI is InChI=1S/C27H34N4O3/c1-17(2)16-31-24-23(25(32)29-27(31)34)21(15-22(28-24)18(3)4)26(33)30-14-8-11-20(30)13-12-19-9-6-5-7-10-19/h5-7,9-10,15,17-18,20H,8,11-14,16H2,1-4H3,(H,29,32,34). The Balaban J connectivity index is 1.77. The number of likely N-dealkylation sites (tertiary alicyclic amines) is 1. The van der Waals surface area contributed by atoms with Gasteiger partial charge in [0.2, 0.25) is 0 Å². The van der Waals surface area contributed by atoms with E-state index in [2.05, 4.69) is 22.1 Å². The van der Waals surface area contributed by atoms with Crippen LogP contribution in [0.15, 0.2) is 46.0 Å². The summed E-state index contributed by atoms with van der Waals surface area (Å²) in [6.45, 7) is 9.09. The second-order valence-corrected chi connectivity index (χ2v) is 10.0. The SMILES string of the molecule is CC(C)Cn1c(=O)[nH]c(=O)c2c(C(=O)N3CCCC3CCc3ccccc3)cc(C(C)C)nc21. The van der Waals surface area contributed by atoms with Crippen LogP contribution in [0, 0.1) is 5.92 Å². The van der Waals surface area contributed by atoms with Gasteiger partial charge in [-0.25, -0.2) is 9.78 Å². The number of carbonyl (C=O) groups is 1. The van der Waals surface area contributed by atoms with E-state index in [4.69, 9.17) is 0 Å². The summed E-state index contributed by atoms with van der Waals surface area (Å²) in [4.78, 5) is 48.5. The van der Waals surface area contributed by atoms with Crippen LogP contribution in [-0.4, -0.2) is 37.9 Å². The van der Waals surface area contributed by atoms with Gasteiger partial charge in [0.1, 0.15) is 0 Å². The average Bonchev–Trinajstić information content (AvgIpc) is 3.28. The molecular formula is C27H34N4O3. The first kappa shape index (κ1) is 23.9. The van der Waals surface area contributed by atoms with Crippen LogP contribution >= 0.6 is 0 Å². The molecule has 1 aromatic carbocycles. The van der Waals surface area contributed by atoms with Gasteiger partial charge in [-0.2, -0.15) is 0 Å². The second kappa shape index (κ2) is 9.95. The maximum atomic E-state index is 13.9. The van der Waals surface area contributed by atoms with Crippen molar-refractivity contribution in [2.75, 3.05) is 6.54 Å². The Morgan fingerprint density at radius 1 is 1.15 bits per heavy atom. The fourth-order valence-corrected chi connectivity index (χ4v) is 4.83. The van der Waals surface area contributed by atoms with Gasteiger partial charge in [-0.1, -0.05) is 58.0 Å². The van der Waals surface area contributed by atoms with Crippen LogP contribution in [0.3, 0.4) is 0 Å². The van der Waals surface area contributed by atoms with E-state index in [-0.39, 0.29) is 29.2 Å². The van der Waals surface area contributed by atoms with Crippen molar-refractivity contribution in [3.05, 3.63) is 74.1 Å². The normalized spacial score (nSPS) is 16.2. The fourth-order valence-electron chi connectivity index (χ4n) is 4.83. The molecule has 1 aliphatic rings. The summed E-state index contributed by atoms with van der Waals surface area (Å²) in [5.41, 5.74) is 1.58. The fraction of sp³-hybridized carbons (Fsp3) is 0.481. The Morgan fingerprint density at radius 3 is 2.56 bits per heavy atom. The Hall–Kier alpha value is -3.22. The minimum Gasteiger partial charge on any atom is -0.336 e. The van der Waals surface area contributed by atoms with Crippen LogP contribution in [0.5, 0.6) is 0 Å². The van der Waals surface area contributed by atoms with Crippen LogP contribution in [0.2, 0.25) is 0 Å². The Labute approximate surface area is 199 Å². The molecule has 1 N–H and O–H groups in total. The number of hydrogen-bond acceptors (Lipinski definition) is 4. The lowest BCUT2D eigenvalue weighted by Crippen LogP contribution is -2.38. The van der Waals surface area contributed by atoms with Crippen molar-refractivity contribution in [1.82, 2.24) is 19.4 Å². The zero-order valence-corrected chi connectivity index (χ0v) is 20.5. The van der Waals surface area contributed by atoms with E-state index in [1.165, 1.54) is 10.1 Å². The summed E-state index contributed by atoms with van der Waals surface area (Å²) in [6.07, 6.45) is 3.68. The number of aromatic nitrogens is 3. The topological polar surface area (TPSA) is 88.1 Å². The zero-order chi connectivity index (χ0) is 24.4. The lowest BCUT2D eigenvalue weighted by molar-refractivity contribution is 0.0732. The molecule has 0 aliphatic carbocycles.